The zero-order chi connectivity index (χ0) is 31.4. The predicted octanol–water partition coefficient (Wildman–Crippen LogP) is 7.22. The Morgan fingerprint density at radius 2 is 1.72 bits per heavy atom. The molecule has 2 heterocycles. The van der Waals surface area contributed by atoms with E-state index in [1.165, 1.54) is 19.2 Å². The van der Waals surface area contributed by atoms with Gasteiger partial charge in [-0.05, 0) is 41.8 Å². The molecule has 2 N–H and O–H groups in total. The van der Waals surface area contributed by atoms with E-state index in [9.17, 15) is 27.6 Å². The molecule has 0 saturated carbocycles. The van der Waals surface area contributed by atoms with Gasteiger partial charge in [0.05, 0.1) is 42.2 Å². The topological polar surface area (TPSA) is 101 Å². The van der Waals surface area contributed by atoms with Crippen molar-refractivity contribution in [1.82, 2.24) is 0 Å². The highest BCUT2D eigenvalue weighted by atomic mass is 35.5. The molecule has 0 aliphatic carbocycles. The number of fused-ring (bicyclic) bond motifs is 1. The summed E-state index contributed by atoms with van der Waals surface area (Å²) in [6.45, 7) is 7.55. The van der Waals surface area contributed by atoms with Crippen LogP contribution in [0.15, 0.2) is 56.5 Å². The molecule has 226 valence electrons. The first-order valence-electron chi connectivity index (χ1n) is 13.5. The quantitative estimate of drug-likeness (QED) is 0.202. The van der Waals surface area contributed by atoms with Gasteiger partial charge in [0.2, 0.25) is 0 Å². The molecule has 1 atom stereocenters. The van der Waals surface area contributed by atoms with Gasteiger partial charge in [-0.1, -0.05) is 39.3 Å². The second-order valence-corrected chi connectivity index (χ2v) is 11.8. The molecule has 1 aliphatic rings. The number of nitrogens with zero attached hydrogens (tertiary/aromatic N) is 1. The summed E-state index contributed by atoms with van der Waals surface area (Å²) < 4.78 is 52.8. The molecule has 43 heavy (non-hydrogen) atoms. The van der Waals surface area contributed by atoms with Gasteiger partial charge in [-0.25, -0.2) is 0 Å². The first-order valence-corrected chi connectivity index (χ1v) is 13.9. The fraction of sp³-hybridized carbons (Fsp3) is 0.323. The molecule has 1 aliphatic heterocycles. The predicted molar refractivity (Wildman–Crippen MR) is 159 cm³/mol. The Balaban J connectivity index is 1.52. The molecule has 3 aromatic carbocycles. The third-order valence-electron chi connectivity index (χ3n) is 7.47. The molecule has 5 rings (SSSR count). The van der Waals surface area contributed by atoms with Crippen molar-refractivity contribution in [3.8, 4) is 5.75 Å². The van der Waals surface area contributed by atoms with Gasteiger partial charge in [-0.2, -0.15) is 13.2 Å². The molecular formula is C31H29ClF3N3O5. The van der Waals surface area contributed by atoms with Crippen molar-refractivity contribution in [2.75, 3.05) is 22.6 Å². The lowest BCUT2D eigenvalue weighted by molar-refractivity contribution is -0.137. The summed E-state index contributed by atoms with van der Waals surface area (Å²) in [7, 11) is 1.31. The molecular weight excluding hydrogens is 587 g/mol. The summed E-state index contributed by atoms with van der Waals surface area (Å²) in [6.07, 6.45) is -4.07. The Labute approximate surface area is 250 Å². The molecule has 0 spiro atoms. The standard InChI is InChI=1S/C31H29ClF3N3O5/c1-6-15-8-12-22(43-15)28(30(2,3)4)37-25-24(26(39)27(25)40)36-20-11-10-19(32)17-14-38(29(41)23(17)20)21-13-16(42-5)7-9-18(21)31(33,34)35/h7-13,28,36-37H,6,14H2,1-5H3/t28-/m0/s1. The molecule has 4 aromatic rings. The fourth-order valence-electron chi connectivity index (χ4n) is 5.17. The minimum absolute atomic E-state index is 0.00608. The number of ether oxygens (including phenoxy) is 1. The van der Waals surface area contributed by atoms with Gasteiger partial charge in [0, 0.05) is 23.1 Å². The molecule has 8 nitrogen and oxygen atoms in total. The van der Waals surface area contributed by atoms with E-state index < -0.39 is 45.6 Å². The SMILES string of the molecule is CCc1ccc([C@H](Nc2c(Nc3ccc(Cl)c4c3C(=O)N(c3cc(OC)ccc3C(F)(F)F)C4)c(=O)c2=O)C(C)(C)C)o1. The molecule has 0 fully saturated rings. The summed E-state index contributed by atoms with van der Waals surface area (Å²) in [5.74, 6) is 0.716. The summed E-state index contributed by atoms with van der Waals surface area (Å²) in [5.41, 5.74) is -3.08. The Bertz CT molecular complexity index is 1800. The number of rotatable bonds is 8. The minimum atomic E-state index is -4.75. The number of nitrogens with one attached hydrogen (secondary N) is 2. The molecule has 0 saturated heterocycles. The van der Waals surface area contributed by atoms with Crippen LogP contribution in [-0.2, 0) is 19.1 Å². The van der Waals surface area contributed by atoms with Crippen molar-refractivity contribution < 1.29 is 27.1 Å². The Hall–Kier alpha value is -4.25. The number of carbonyl (C=O) groups excluding carboxylic acids is 1. The second kappa shape index (κ2) is 10.8. The van der Waals surface area contributed by atoms with E-state index in [0.717, 1.165) is 28.9 Å². The van der Waals surface area contributed by atoms with E-state index in [2.05, 4.69) is 10.6 Å². The van der Waals surface area contributed by atoms with Crippen LogP contribution >= 0.6 is 11.6 Å². The highest BCUT2D eigenvalue weighted by molar-refractivity contribution is 6.33. The van der Waals surface area contributed by atoms with Crippen LogP contribution in [0.25, 0.3) is 0 Å². The number of aryl methyl sites for hydroxylation is 1. The summed E-state index contributed by atoms with van der Waals surface area (Å²) in [6, 6.07) is 9.24. The highest BCUT2D eigenvalue weighted by Crippen LogP contribution is 2.44. The van der Waals surface area contributed by atoms with Gasteiger partial charge in [0.25, 0.3) is 16.8 Å². The van der Waals surface area contributed by atoms with Gasteiger partial charge in [-0.3, -0.25) is 14.4 Å². The van der Waals surface area contributed by atoms with Crippen LogP contribution in [-0.4, -0.2) is 13.0 Å². The van der Waals surface area contributed by atoms with E-state index in [1.54, 1.807) is 0 Å². The maximum Gasteiger partial charge on any atom is 0.418 e. The summed E-state index contributed by atoms with van der Waals surface area (Å²) in [4.78, 5) is 40.2. The number of hydrogen-bond acceptors (Lipinski definition) is 7. The molecule has 1 aromatic heterocycles. The second-order valence-electron chi connectivity index (χ2n) is 11.4. The van der Waals surface area contributed by atoms with Crippen LogP contribution < -0.4 is 31.1 Å². The Kier molecular flexibility index (Phi) is 7.58. The summed E-state index contributed by atoms with van der Waals surface area (Å²) in [5, 5.41) is 6.21. The smallest absolute Gasteiger partial charge is 0.418 e. The number of furan rings is 1. The van der Waals surface area contributed by atoms with Crippen molar-refractivity contribution in [3.63, 3.8) is 0 Å². The van der Waals surface area contributed by atoms with E-state index in [0.29, 0.717) is 12.2 Å². The molecule has 12 heteroatoms. The van der Waals surface area contributed by atoms with E-state index in [4.69, 9.17) is 20.8 Å². The van der Waals surface area contributed by atoms with Gasteiger partial charge < -0.3 is 24.7 Å². The van der Waals surface area contributed by atoms with E-state index >= 15 is 0 Å². The molecule has 0 unspecified atom stereocenters. The number of anilines is 4. The third kappa shape index (κ3) is 5.37. The monoisotopic (exact) mass is 615 g/mol. The fourth-order valence-corrected chi connectivity index (χ4v) is 5.39. The van der Waals surface area contributed by atoms with Gasteiger partial charge >= 0.3 is 6.18 Å². The number of halogens is 4. The van der Waals surface area contributed by atoms with Gasteiger partial charge in [-0.15, -0.1) is 0 Å². The van der Waals surface area contributed by atoms with E-state index in [1.807, 2.05) is 39.8 Å². The number of alkyl halides is 3. The lowest BCUT2D eigenvalue weighted by atomic mass is 9.85. The largest absolute Gasteiger partial charge is 0.497 e. The first kappa shape index (κ1) is 30.2. The number of amides is 1. The maximum absolute atomic E-state index is 13.9. The lowest BCUT2D eigenvalue weighted by Gasteiger charge is -2.31. The van der Waals surface area contributed by atoms with Crippen LogP contribution in [0.5, 0.6) is 5.75 Å². The lowest BCUT2D eigenvalue weighted by Crippen LogP contribution is -2.39. The first-order chi connectivity index (χ1) is 20.1. The Morgan fingerprint density at radius 1 is 1.02 bits per heavy atom. The number of carbonyl (C=O) groups is 1. The van der Waals surface area contributed by atoms with Crippen LogP contribution in [0.4, 0.5) is 35.9 Å². The van der Waals surface area contributed by atoms with Crippen molar-refractivity contribution >= 4 is 40.3 Å². The highest BCUT2D eigenvalue weighted by Gasteiger charge is 2.41. The van der Waals surface area contributed by atoms with Crippen molar-refractivity contribution in [1.29, 1.82) is 0 Å². The van der Waals surface area contributed by atoms with Crippen molar-refractivity contribution in [2.24, 2.45) is 5.41 Å². The van der Waals surface area contributed by atoms with Gasteiger partial charge in [0.1, 0.15) is 28.6 Å². The van der Waals surface area contributed by atoms with Crippen LogP contribution in [0.1, 0.15) is 66.7 Å². The minimum Gasteiger partial charge on any atom is -0.497 e. The van der Waals surface area contributed by atoms with Crippen LogP contribution in [0, 0.1) is 5.41 Å². The number of benzene rings is 2. The number of methoxy groups -OCH3 is 1. The normalized spacial score (nSPS) is 14.3. The molecule has 1 amide bonds. The van der Waals surface area contributed by atoms with E-state index in [-0.39, 0.29) is 45.5 Å². The van der Waals surface area contributed by atoms with Crippen molar-refractivity contribution in [3.05, 3.63) is 96.1 Å². The average molecular weight is 616 g/mol. The van der Waals surface area contributed by atoms with Gasteiger partial charge in [0.15, 0.2) is 0 Å². The zero-order valence-corrected chi connectivity index (χ0v) is 24.8. The average Bonchev–Trinajstić information content (AvgIpc) is 3.57. The van der Waals surface area contributed by atoms with Crippen LogP contribution in [0.3, 0.4) is 0 Å². The Morgan fingerprint density at radius 3 is 2.33 bits per heavy atom. The van der Waals surface area contributed by atoms with Crippen LogP contribution in [0.2, 0.25) is 5.02 Å². The van der Waals surface area contributed by atoms with Crippen molar-refractivity contribution in [2.45, 2.75) is 52.9 Å². The molecule has 0 bridgehead atoms. The summed E-state index contributed by atoms with van der Waals surface area (Å²) >= 11 is 6.40. The maximum atomic E-state index is 13.9. The number of hydrogen-bond donors (Lipinski definition) is 2. The molecule has 0 radical (unpaired) electrons. The third-order valence-corrected chi connectivity index (χ3v) is 7.83. The zero-order valence-electron chi connectivity index (χ0n) is 24.0.